The van der Waals surface area contributed by atoms with E-state index in [1.807, 2.05) is 12.1 Å². The van der Waals surface area contributed by atoms with Crippen LogP contribution < -0.4 is 10.6 Å². The first-order valence-electron chi connectivity index (χ1n) is 7.91. The number of halogens is 1. The highest BCUT2D eigenvalue weighted by Gasteiger charge is 2.06. The van der Waals surface area contributed by atoms with Gasteiger partial charge in [0.1, 0.15) is 0 Å². The van der Waals surface area contributed by atoms with E-state index in [0.29, 0.717) is 42.1 Å². The predicted octanol–water partition coefficient (Wildman–Crippen LogP) is 1.35. The van der Waals surface area contributed by atoms with E-state index in [9.17, 15) is 8.42 Å². The van der Waals surface area contributed by atoms with Gasteiger partial charge >= 0.3 is 0 Å². The zero-order valence-corrected chi connectivity index (χ0v) is 18.2. The number of aliphatic imine (C=N–C) groups is 1. The molecule has 1 heterocycles. The normalized spacial score (nSPS) is 11.7. The third-order valence-electron chi connectivity index (χ3n) is 3.48. The Bertz CT molecular complexity index is 819. The van der Waals surface area contributed by atoms with Gasteiger partial charge in [-0.25, -0.2) is 8.42 Å². The number of aromatic nitrogens is 2. The topological polar surface area (TPSA) is 109 Å². The summed E-state index contributed by atoms with van der Waals surface area (Å²) in [7, 11) is -1.45. The molecule has 0 aliphatic rings. The van der Waals surface area contributed by atoms with Crippen molar-refractivity contribution in [1.29, 1.82) is 0 Å². The van der Waals surface area contributed by atoms with Gasteiger partial charge in [-0.15, -0.1) is 24.0 Å². The lowest BCUT2D eigenvalue weighted by Crippen LogP contribution is -2.39. The Hall–Kier alpha value is -1.69. The third-order valence-corrected chi connectivity index (χ3v) is 4.61. The maximum Gasteiger partial charge on any atom is 0.228 e. The van der Waals surface area contributed by atoms with E-state index in [1.54, 1.807) is 26.1 Å². The van der Waals surface area contributed by atoms with E-state index in [4.69, 9.17) is 4.52 Å². The van der Waals surface area contributed by atoms with Gasteiger partial charge in [-0.3, -0.25) is 4.99 Å². The molecule has 0 spiro atoms. The molecule has 0 unspecified atom stereocenters. The van der Waals surface area contributed by atoms with Crippen LogP contribution in [0.4, 0.5) is 0 Å². The monoisotopic (exact) mass is 493 g/mol. The van der Waals surface area contributed by atoms with Crippen molar-refractivity contribution in [2.45, 2.75) is 24.7 Å². The van der Waals surface area contributed by atoms with Crippen LogP contribution in [0, 0.1) is 6.92 Å². The number of guanidine groups is 1. The van der Waals surface area contributed by atoms with Crippen molar-refractivity contribution in [2.75, 3.05) is 26.4 Å². The highest BCUT2D eigenvalue weighted by atomic mass is 127. The van der Waals surface area contributed by atoms with Crippen molar-refractivity contribution in [2.24, 2.45) is 4.99 Å². The molecule has 1 aromatic carbocycles. The molecule has 1 aromatic heterocycles. The lowest BCUT2D eigenvalue weighted by Gasteiger charge is -2.11. The average molecular weight is 493 g/mol. The van der Waals surface area contributed by atoms with Gasteiger partial charge in [-0.05, 0) is 31.0 Å². The summed E-state index contributed by atoms with van der Waals surface area (Å²) in [5.74, 6) is 1.90. The Balaban J connectivity index is 0.00000338. The van der Waals surface area contributed by atoms with Crippen LogP contribution in [0.2, 0.25) is 0 Å². The number of rotatable bonds is 7. The number of nitrogens with one attached hydrogen (secondary N) is 2. The standard InChI is InChI=1S/C16H23N5O3S.HI/c1-12-20-15(24-21-12)9-11-19-16(17-2)18-10-8-13-4-6-14(7-5-13)25(3,22)23;/h4-7H,8-11H2,1-3H3,(H2,17,18,19);1H. The van der Waals surface area contributed by atoms with Gasteiger partial charge in [0.15, 0.2) is 21.6 Å². The quantitative estimate of drug-likeness (QED) is 0.341. The van der Waals surface area contributed by atoms with Crippen LogP contribution in [0.5, 0.6) is 0 Å². The van der Waals surface area contributed by atoms with Crippen LogP contribution in [-0.2, 0) is 22.7 Å². The summed E-state index contributed by atoms with van der Waals surface area (Å²) in [4.78, 5) is 8.62. The van der Waals surface area contributed by atoms with Gasteiger partial charge in [-0.1, -0.05) is 17.3 Å². The Morgan fingerprint density at radius 1 is 1.15 bits per heavy atom. The summed E-state index contributed by atoms with van der Waals surface area (Å²) in [6.07, 6.45) is 2.58. The summed E-state index contributed by atoms with van der Waals surface area (Å²) in [5, 5.41) is 10.1. The van der Waals surface area contributed by atoms with Crippen LogP contribution in [0.1, 0.15) is 17.3 Å². The molecule has 0 radical (unpaired) electrons. The van der Waals surface area contributed by atoms with E-state index in [-0.39, 0.29) is 24.0 Å². The van der Waals surface area contributed by atoms with Crippen molar-refractivity contribution >= 4 is 39.8 Å². The van der Waals surface area contributed by atoms with Crippen molar-refractivity contribution in [1.82, 2.24) is 20.8 Å². The molecule has 26 heavy (non-hydrogen) atoms. The Kier molecular flexibility index (Phi) is 8.99. The van der Waals surface area contributed by atoms with E-state index >= 15 is 0 Å². The molecule has 2 N–H and O–H groups in total. The molecule has 0 aliphatic heterocycles. The highest BCUT2D eigenvalue weighted by Crippen LogP contribution is 2.10. The summed E-state index contributed by atoms with van der Waals surface area (Å²) >= 11 is 0. The lowest BCUT2D eigenvalue weighted by atomic mass is 10.1. The largest absolute Gasteiger partial charge is 0.356 e. The molecule has 0 aliphatic carbocycles. The van der Waals surface area contributed by atoms with E-state index < -0.39 is 9.84 Å². The number of aryl methyl sites for hydroxylation is 1. The molecule has 0 saturated carbocycles. The summed E-state index contributed by atoms with van der Waals surface area (Å²) in [5.41, 5.74) is 1.05. The van der Waals surface area contributed by atoms with Crippen LogP contribution >= 0.6 is 24.0 Å². The highest BCUT2D eigenvalue weighted by molar-refractivity contribution is 14.0. The minimum absolute atomic E-state index is 0. The molecule has 2 rings (SSSR count). The first-order chi connectivity index (χ1) is 11.9. The first-order valence-corrected chi connectivity index (χ1v) is 9.80. The fraction of sp³-hybridized carbons (Fsp3) is 0.438. The minimum Gasteiger partial charge on any atom is -0.356 e. The van der Waals surface area contributed by atoms with Gasteiger partial charge in [-0.2, -0.15) is 4.98 Å². The Labute approximate surface area is 170 Å². The molecular formula is C16H24IN5O3S. The molecule has 0 atom stereocenters. The first kappa shape index (κ1) is 22.4. The van der Waals surface area contributed by atoms with Crippen molar-refractivity contribution in [3.63, 3.8) is 0 Å². The van der Waals surface area contributed by atoms with Crippen LogP contribution in [0.3, 0.4) is 0 Å². The second-order valence-corrected chi connectivity index (χ2v) is 7.59. The number of hydrogen-bond acceptors (Lipinski definition) is 6. The number of hydrogen-bond donors (Lipinski definition) is 2. The zero-order valence-electron chi connectivity index (χ0n) is 15.0. The number of nitrogens with zero attached hydrogens (tertiary/aromatic N) is 3. The Morgan fingerprint density at radius 3 is 2.27 bits per heavy atom. The molecule has 144 valence electrons. The maximum absolute atomic E-state index is 11.4. The lowest BCUT2D eigenvalue weighted by molar-refractivity contribution is 0.374. The molecule has 0 amide bonds. The molecule has 2 aromatic rings. The summed E-state index contributed by atoms with van der Waals surface area (Å²) < 4.78 is 27.9. The SMILES string of the molecule is CN=C(NCCc1ccc(S(C)(=O)=O)cc1)NCCc1nc(C)no1.I. The zero-order chi connectivity index (χ0) is 18.3. The third kappa shape index (κ3) is 7.28. The summed E-state index contributed by atoms with van der Waals surface area (Å²) in [6, 6.07) is 6.91. The molecule has 0 bridgehead atoms. The molecule has 10 heteroatoms. The fourth-order valence-electron chi connectivity index (χ4n) is 2.18. The van der Waals surface area contributed by atoms with Crippen molar-refractivity contribution < 1.29 is 12.9 Å². The van der Waals surface area contributed by atoms with E-state index in [2.05, 4.69) is 25.8 Å². The summed E-state index contributed by atoms with van der Waals surface area (Å²) in [6.45, 7) is 3.09. The average Bonchev–Trinajstić information content (AvgIpc) is 2.98. The molecule has 8 nitrogen and oxygen atoms in total. The second kappa shape index (κ2) is 10.5. The minimum atomic E-state index is -3.15. The van der Waals surface area contributed by atoms with Gasteiger partial charge < -0.3 is 15.2 Å². The molecular weight excluding hydrogens is 469 g/mol. The van der Waals surface area contributed by atoms with Gasteiger partial charge in [0, 0.05) is 32.8 Å². The van der Waals surface area contributed by atoms with Gasteiger partial charge in [0.25, 0.3) is 0 Å². The molecule has 0 fully saturated rings. The number of sulfone groups is 1. The molecule has 0 saturated heterocycles. The van der Waals surface area contributed by atoms with Gasteiger partial charge in [0.2, 0.25) is 5.89 Å². The second-order valence-electron chi connectivity index (χ2n) is 5.58. The number of benzene rings is 1. The van der Waals surface area contributed by atoms with Crippen LogP contribution in [0.15, 0.2) is 38.7 Å². The van der Waals surface area contributed by atoms with Crippen LogP contribution in [0.25, 0.3) is 0 Å². The van der Waals surface area contributed by atoms with Crippen molar-refractivity contribution in [3.8, 4) is 0 Å². The predicted molar refractivity (Wildman–Crippen MR) is 111 cm³/mol. The van der Waals surface area contributed by atoms with Crippen molar-refractivity contribution in [3.05, 3.63) is 41.5 Å². The smallest absolute Gasteiger partial charge is 0.228 e. The maximum atomic E-state index is 11.4. The Morgan fingerprint density at radius 2 is 1.77 bits per heavy atom. The van der Waals surface area contributed by atoms with E-state index in [1.165, 1.54) is 6.26 Å². The van der Waals surface area contributed by atoms with Crippen LogP contribution in [-0.4, -0.2) is 50.9 Å². The van der Waals surface area contributed by atoms with E-state index in [0.717, 1.165) is 12.0 Å². The van der Waals surface area contributed by atoms with Gasteiger partial charge in [0.05, 0.1) is 4.90 Å². The fourth-order valence-corrected chi connectivity index (χ4v) is 2.81.